The van der Waals surface area contributed by atoms with Gasteiger partial charge in [-0.25, -0.2) is 9.18 Å². The van der Waals surface area contributed by atoms with Crippen molar-refractivity contribution in [3.8, 4) is 0 Å². The van der Waals surface area contributed by atoms with E-state index in [0.29, 0.717) is 12.5 Å². The summed E-state index contributed by atoms with van der Waals surface area (Å²) in [4.78, 5) is 17.2. The number of nitrogens with one attached hydrogen (secondary N) is 4. The Kier molecular flexibility index (Phi) is 9.49. The lowest BCUT2D eigenvalue weighted by Crippen LogP contribution is -2.49. The molecule has 0 spiro atoms. The van der Waals surface area contributed by atoms with Crippen LogP contribution in [0.4, 0.5) is 20.6 Å². The molecular weight excluding hydrogens is 489 g/mol. The fraction of sp³-hybridized carbons (Fsp3) is 0.406. The van der Waals surface area contributed by atoms with E-state index in [1.165, 1.54) is 18.3 Å². The summed E-state index contributed by atoms with van der Waals surface area (Å²) in [5, 5.41) is 17.5. The van der Waals surface area contributed by atoms with E-state index < -0.39 is 5.54 Å². The van der Waals surface area contributed by atoms with Gasteiger partial charge in [0.2, 0.25) is 0 Å². The van der Waals surface area contributed by atoms with E-state index in [1.54, 1.807) is 18.3 Å². The molecule has 0 saturated heterocycles. The molecule has 0 fully saturated rings. The maximum atomic E-state index is 13.3. The minimum atomic E-state index is -0.550. The fourth-order valence-corrected chi connectivity index (χ4v) is 4.86. The smallest absolute Gasteiger partial charge is 0.315 e. The van der Waals surface area contributed by atoms with Gasteiger partial charge in [0.15, 0.2) is 0 Å². The third-order valence-corrected chi connectivity index (χ3v) is 7.16. The maximum Gasteiger partial charge on any atom is 0.315 e. The fourth-order valence-electron chi connectivity index (χ4n) is 4.86. The van der Waals surface area contributed by atoms with Gasteiger partial charge in [0, 0.05) is 41.6 Å². The van der Waals surface area contributed by atoms with Crippen molar-refractivity contribution in [2.24, 2.45) is 11.3 Å². The average Bonchev–Trinajstić information content (AvgIpc) is 2.87. The summed E-state index contributed by atoms with van der Waals surface area (Å²) in [6.45, 7) is 15.1. The maximum absolute atomic E-state index is 13.3. The number of anilines is 2. The van der Waals surface area contributed by atoms with Gasteiger partial charge in [-0.05, 0) is 104 Å². The van der Waals surface area contributed by atoms with Crippen LogP contribution in [0.2, 0.25) is 0 Å². The van der Waals surface area contributed by atoms with Crippen LogP contribution in [0.25, 0.3) is 0 Å². The Morgan fingerprint density at radius 1 is 1.05 bits per heavy atom. The van der Waals surface area contributed by atoms with Gasteiger partial charge in [-0.3, -0.25) is 4.98 Å². The van der Waals surface area contributed by atoms with Crippen LogP contribution in [0.15, 0.2) is 60.8 Å². The summed E-state index contributed by atoms with van der Waals surface area (Å²) in [6.07, 6.45) is 4.03. The summed E-state index contributed by atoms with van der Waals surface area (Å²) in [5.41, 5.74) is 4.50. The lowest BCUT2D eigenvalue weighted by atomic mass is 9.71. The van der Waals surface area contributed by atoms with E-state index in [0.717, 1.165) is 40.2 Å². The number of benzene rings is 2. The Morgan fingerprint density at radius 3 is 2.36 bits per heavy atom. The van der Waals surface area contributed by atoms with Crippen molar-refractivity contribution in [2.45, 2.75) is 66.3 Å². The summed E-state index contributed by atoms with van der Waals surface area (Å²) >= 11 is 0. The Hall–Kier alpha value is -3.74. The number of halogens is 1. The van der Waals surface area contributed by atoms with Crippen LogP contribution in [-0.2, 0) is 5.54 Å². The van der Waals surface area contributed by atoms with Crippen molar-refractivity contribution in [1.82, 2.24) is 15.6 Å². The van der Waals surface area contributed by atoms with Crippen molar-refractivity contribution in [3.05, 3.63) is 89.0 Å². The SMILES string of the molecule is Cc1cc(C(C)(C)NC(=O)NCC(C)(C)C(CC(C)C)c2ccc(Nc3ccc(F)cc3)c(C=N)c2)ccn1. The van der Waals surface area contributed by atoms with Crippen LogP contribution in [-0.4, -0.2) is 23.8 Å². The molecule has 3 rings (SSSR count). The topological polar surface area (TPSA) is 89.9 Å². The van der Waals surface area contributed by atoms with Crippen LogP contribution >= 0.6 is 0 Å². The quantitative estimate of drug-likeness (QED) is 0.191. The second kappa shape index (κ2) is 12.4. The Balaban J connectivity index is 1.77. The van der Waals surface area contributed by atoms with E-state index in [9.17, 15) is 9.18 Å². The second-order valence-corrected chi connectivity index (χ2v) is 11.9. The molecule has 1 atom stereocenters. The number of aromatic nitrogens is 1. The average molecular weight is 532 g/mol. The largest absolute Gasteiger partial charge is 0.355 e. The first-order valence-electron chi connectivity index (χ1n) is 13.5. The van der Waals surface area contributed by atoms with Gasteiger partial charge in [0.25, 0.3) is 0 Å². The Morgan fingerprint density at radius 2 is 1.74 bits per heavy atom. The lowest BCUT2D eigenvalue weighted by Gasteiger charge is -2.37. The van der Waals surface area contributed by atoms with Gasteiger partial charge in [0.1, 0.15) is 5.82 Å². The van der Waals surface area contributed by atoms with Crippen LogP contribution in [0.5, 0.6) is 0 Å². The summed E-state index contributed by atoms with van der Waals surface area (Å²) in [5.74, 6) is 0.296. The highest BCUT2D eigenvalue weighted by Crippen LogP contribution is 2.41. The number of carbonyl (C=O) groups is 1. The van der Waals surface area contributed by atoms with Gasteiger partial charge < -0.3 is 21.4 Å². The van der Waals surface area contributed by atoms with Crippen molar-refractivity contribution in [1.29, 1.82) is 5.41 Å². The molecule has 6 nitrogen and oxygen atoms in total. The molecule has 2 amide bonds. The Bertz CT molecular complexity index is 1280. The molecule has 7 heteroatoms. The highest BCUT2D eigenvalue weighted by Gasteiger charge is 2.33. The molecule has 3 aromatic rings. The standard InChI is InChI=1S/C32H42FN5O/c1-21(2)16-28(23-8-13-29(24(18-23)19-34)37-27-11-9-26(33)10-12-27)31(4,5)20-36-30(39)38-32(6,7)25-14-15-35-22(3)17-25/h8-15,17-19,21,28,34,37H,16,20H2,1-7H3,(H2,36,38,39). The lowest BCUT2D eigenvalue weighted by molar-refractivity contribution is 0.210. The van der Waals surface area contributed by atoms with Crippen LogP contribution in [0.3, 0.4) is 0 Å². The molecule has 0 aliphatic rings. The number of nitrogens with zero attached hydrogens (tertiary/aromatic N) is 1. The Labute approximate surface area is 232 Å². The molecule has 39 heavy (non-hydrogen) atoms. The number of amides is 2. The van der Waals surface area contributed by atoms with Crippen LogP contribution in [0, 0.1) is 29.5 Å². The molecule has 1 aromatic heterocycles. The number of hydrogen-bond donors (Lipinski definition) is 4. The van der Waals surface area contributed by atoms with Crippen molar-refractivity contribution in [2.75, 3.05) is 11.9 Å². The molecular formula is C32H42FN5O. The number of pyridine rings is 1. The minimum absolute atomic E-state index is 0.146. The normalized spacial score (nSPS) is 12.6. The molecule has 0 saturated carbocycles. The van der Waals surface area contributed by atoms with Gasteiger partial charge in [0.05, 0.1) is 5.54 Å². The predicted molar refractivity (Wildman–Crippen MR) is 159 cm³/mol. The molecule has 0 bridgehead atoms. The first-order chi connectivity index (χ1) is 18.3. The highest BCUT2D eigenvalue weighted by molar-refractivity contribution is 5.87. The molecule has 4 N–H and O–H groups in total. The zero-order chi connectivity index (χ0) is 28.8. The number of urea groups is 1. The van der Waals surface area contributed by atoms with Crippen LogP contribution in [0.1, 0.15) is 76.3 Å². The minimum Gasteiger partial charge on any atom is -0.355 e. The predicted octanol–water partition coefficient (Wildman–Crippen LogP) is 7.66. The van der Waals surface area contributed by atoms with E-state index >= 15 is 0 Å². The van der Waals surface area contributed by atoms with Crippen molar-refractivity contribution >= 4 is 23.6 Å². The highest BCUT2D eigenvalue weighted by atomic mass is 19.1. The molecule has 1 unspecified atom stereocenters. The van der Waals surface area contributed by atoms with E-state index in [-0.39, 0.29) is 23.2 Å². The molecule has 0 radical (unpaired) electrons. The molecule has 0 aliphatic heterocycles. The van der Waals surface area contributed by atoms with Crippen LogP contribution < -0.4 is 16.0 Å². The first-order valence-corrected chi connectivity index (χ1v) is 13.5. The number of carbonyl (C=O) groups excluding carboxylic acids is 1. The van der Waals surface area contributed by atoms with E-state index in [4.69, 9.17) is 5.41 Å². The third kappa shape index (κ3) is 8.12. The van der Waals surface area contributed by atoms with Crippen molar-refractivity contribution in [3.63, 3.8) is 0 Å². The van der Waals surface area contributed by atoms with Gasteiger partial charge in [-0.15, -0.1) is 0 Å². The monoisotopic (exact) mass is 531 g/mol. The number of rotatable bonds is 11. The first kappa shape index (κ1) is 29.8. The molecule has 2 aromatic carbocycles. The second-order valence-electron chi connectivity index (χ2n) is 11.9. The zero-order valence-corrected chi connectivity index (χ0v) is 24.2. The third-order valence-electron chi connectivity index (χ3n) is 7.16. The summed E-state index contributed by atoms with van der Waals surface area (Å²) in [7, 11) is 0. The number of hydrogen-bond acceptors (Lipinski definition) is 4. The molecule has 208 valence electrons. The zero-order valence-electron chi connectivity index (χ0n) is 24.2. The van der Waals surface area contributed by atoms with Gasteiger partial charge in [-0.1, -0.05) is 33.8 Å². The van der Waals surface area contributed by atoms with Crippen molar-refractivity contribution < 1.29 is 9.18 Å². The molecule has 0 aliphatic carbocycles. The van der Waals surface area contributed by atoms with E-state index in [2.05, 4.69) is 54.7 Å². The summed E-state index contributed by atoms with van der Waals surface area (Å²) in [6, 6.07) is 16.0. The summed E-state index contributed by atoms with van der Waals surface area (Å²) < 4.78 is 13.3. The number of aryl methyl sites for hydroxylation is 1. The van der Waals surface area contributed by atoms with Gasteiger partial charge >= 0.3 is 6.03 Å². The van der Waals surface area contributed by atoms with E-state index in [1.807, 2.05) is 45.0 Å². The molecule has 1 heterocycles. The van der Waals surface area contributed by atoms with Gasteiger partial charge in [-0.2, -0.15) is 0 Å².